The van der Waals surface area contributed by atoms with E-state index in [0.29, 0.717) is 36.2 Å². The monoisotopic (exact) mass is 437 g/mol. The molecular weight excluding hydrogens is 409 g/mol. The number of nitrogens with one attached hydrogen (secondary N) is 1. The summed E-state index contributed by atoms with van der Waals surface area (Å²) in [7, 11) is 0. The van der Waals surface area contributed by atoms with E-state index in [9.17, 15) is 18.8 Å². The lowest BCUT2D eigenvalue weighted by molar-refractivity contribution is -0.121. The summed E-state index contributed by atoms with van der Waals surface area (Å²) in [6, 6.07) is 13.3. The minimum Gasteiger partial charge on any atom is -0.353 e. The summed E-state index contributed by atoms with van der Waals surface area (Å²) in [5.41, 5.74) is 0.608. The van der Waals surface area contributed by atoms with E-state index in [-0.39, 0.29) is 30.4 Å². The topological polar surface area (TPSA) is 73.1 Å². The molecule has 1 amide bonds. The van der Waals surface area contributed by atoms with Crippen LogP contribution in [0.4, 0.5) is 4.39 Å². The van der Waals surface area contributed by atoms with Crippen LogP contribution in [-0.2, 0) is 17.9 Å². The second kappa shape index (κ2) is 9.94. The molecule has 0 radical (unpaired) electrons. The Labute approximate surface area is 185 Å². The van der Waals surface area contributed by atoms with E-state index < -0.39 is 5.69 Å². The number of hydrogen-bond acceptors (Lipinski definition) is 3. The molecule has 0 spiro atoms. The van der Waals surface area contributed by atoms with Crippen LogP contribution in [0.1, 0.15) is 50.5 Å². The Morgan fingerprint density at radius 2 is 1.69 bits per heavy atom. The molecule has 32 heavy (non-hydrogen) atoms. The number of carbonyl (C=O) groups excluding carboxylic acids is 1. The summed E-state index contributed by atoms with van der Waals surface area (Å²) < 4.78 is 16.1. The standard InChI is InChI=1S/C25H28FN3O3/c26-19-14-12-18(13-15-19)17-29-22-10-4-3-9-21(22)24(31)28(25(29)32)16-6-5-11-23(30)27-20-7-1-2-8-20/h3-4,9-10,12-15,20H,1-2,5-8,11,16-17H2,(H,27,30). The quantitative estimate of drug-likeness (QED) is 0.548. The van der Waals surface area contributed by atoms with E-state index in [4.69, 9.17) is 0 Å². The minimum atomic E-state index is -0.395. The van der Waals surface area contributed by atoms with Crippen molar-refractivity contribution in [3.8, 4) is 0 Å². The van der Waals surface area contributed by atoms with Gasteiger partial charge in [0.15, 0.2) is 0 Å². The van der Waals surface area contributed by atoms with E-state index in [1.165, 1.54) is 29.5 Å². The highest BCUT2D eigenvalue weighted by molar-refractivity contribution is 5.78. The average molecular weight is 438 g/mol. The van der Waals surface area contributed by atoms with Crippen molar-refractivity contribution < 1.29 is 9.18 Å². The number of hydrogen-bond donors (Lipinski definition) is 1. The van der Waals surface area contributed by atoms with E-state index in [0.717, 1.165) is 18.4 Å². The van der Waals surface area contributed by atoms with Crippen LogP contribution in [0.3, 0.4) is 0 Å². The third kappa shape index (κ3) is 4.98. The number of nitrogens with zero attached hydrogens (tertiary/aromatic N) is 2. The smallest absolute Gasteiger partial charge is 0.331 e. The normalized spacial score (nSPS) is 14.2. The van der Waals surface area contributed by atoms with Crippen LogP contribution >= 0.6 is 0 Å². The van der Waals surface area contributed by atoms with Crippen molar-refractivity contribution in [3.05, 3.63) is 80.7 Å². The Kier molecular flexibility index (Phi) is 6.83. The van der Waals surface area contributed by atoms with Gasteiger partial charge in [0.1, 0.15) is 5.82 Å². The Balaban J connectivity index is 1.51. The summed E-state index contributed by atoms with van der Waals surface area (Å²) in [6.07, 6.45) is 5.98. The van der Waals surface area contributed by atoms with E-state index in [1.807, 2.05) is 0 Å². The molecule has 1 saturated carbocycles. The molecule has 2 aromatic carbocycles. The Morgan fingerprint density at radius 1 is 0.969 bits per heavy atom. The van der Waals surface area contributed by atoms with Gasteiger partial charge in [-0.25, -0.2) is 9.18 Å². The molecule has 1 heterocycles. The molecule has 7 heteroatoms. The summed E-state index contributed by atoms with van der Waals surface area (Å²) in [4.78, 5) is 38.3. The number of para-hydroxylation sites is 1. The van der Waals surface area contributed by atoms with Gasteiger partial charge in [-0.05, 0) is 55.5 Å². The lowest BCUT2D eigenvalue weighted by Gasteiger charge is -2.15. The lowest BCUT2D eigenvalue weighted by atomic mass is 10.2. The van der Waals surface area contributed by atoms with Gasteiger partial charge in [-0.1, -0.05) is 37.1 Å². The molecule has 0 atom stereocenters. The minimum absolute atomic E-state index is 0.0384. The molecule has 1 N–H and O–H groups in total. The van der Waals surface area contributed by atoms with Crippen LogP contribution in [0.25, 0.3) is 10.9 Å². The molecule has 1 aromatic heterocycles. The molecule has 1 fully saturated rings. The number of amides is 1. The first-order chi connectivity index (χ1) is 15.5. The van der Waals surface area contributed by atoms with Crippen LogP contribution in [0.5, 0.6) is 0 Å². The van der Waals surface area contributed by atoms with E-state index in [1.54, 1.807) is 41.0 Å². The predicted molar refractivity (Wildman–Crippen MR) is 122 cm³/mol. The Bertz CT molecular complexity index is 1210. The molecule has 3 aromatic rings. The van der Waals surface area contributed by atoms with Crippen LogP contribution in [0, 0.1) is 5.82 Å². The maximum atomic E-state index is 13.3. The summed E-state index contributed by atoms with van der Waals surface area (Å²) >= 11 is 0. The Morgan fingerprint density at radius 3 is 2.44 bits per heavy atom. The fraction of sp³-hybridized carbons (Fsp3) is 0.400. The molecule has 0 aliphatic heterocycles. The molecule has 1 aliphatic rings. The van der Waals surface area contributed by atoms with Crippen molar-refractivity contribution >= 4 is 16.8 Å². The number of benzene rings is 2. The number of aromatic nitrogens is 2. The van der Waals surface area contributed by atoms with Crippen LogP contribution in [-0.4, -0.2) is 21.1 Å². The van der Waals surface area contributed by atoms with Crippen LogP contribution in [0.15, 0.2) is 58.1 Å². The number of halogens is 1. The molecular formula is C25H28FN3O3. The Hall–Kier alpha value is -3.22. The van der Waals surface area contributed by atoms with Crippen molar-refractivity contribution in [1.82, 2.24) is 14.5 Å². The highest BCUT2D eigenvalue weighted by Crippen LogP contribution is 2.18. The fourth-order valence-electron chi connectivity index (χ4n) is 4.42. The van der Waals surface area contributed by atoms with Gasteiger partial charge in [-0.15, -0.1) is 0 Å². The number of rotatable bonds is 8. The van der Waals surface area contributed by atoms with Gasteiger partial charge in [0.05, 0.1) is 17.4 Å². The number of carbonyl (C=O) groups is 1. The van der Waals surface area contributed by atoms with Gasteiger partial charge < -0.3 is 5.32 Å². The van der Waals surface area contributed by atoms with Gasteiger partial charge in [0.2, 0.25) is 5.91 Å². The molecule has 4 rings (SSSR count). The number of fused-ring (bicyclic) bond motifs is 1. The zero-order valence-corrected chi connectivity index (χ0v) is 18.1. The summed E-state index contributed by atoms with van der Waals surface area (Å²) in [5.74, 6) is -0.302. The largest absolute Gasteiger partial charge is 0.353 e. The SMILES string of the molecule is O=C(CCCCn1c(=O)c2ccccc2n(Cc2ccc(F)cc2)c1=O)NC1CCCC1. The van der Waals surface area contributed by atoms with Crippen molar-refractivity contribution in [2.45, 2.75) is 64.1 Å². The first-order valence-electron chi connectivity index (χ1n) is 11.3. The molecule has 0 unspecified atom stereocenters. The molecule has 6 nitrogen and oxygen atoms in total. The van der Waals surface area contributed by atoms with Crippen LogP contribution in [0.2, 0.25) is 0 Å². The van der Waals surface area contributed by atoms with Crippen molar-refractivity contribution in [1.29, 1.82) is 0 Å². The summed E-state index contributed by atoms with van der Waals surface area (Å²) in [6.45, 7) is 0.492. The zero-order chi connectivity index (χ0) is 22.5. The first-order valence-corrected chi connectivity index (χ1v) is 11.3. The van der Waals surface area contributed by atoms with Crippen LogP contribution < -0.4 is 16.6 Å². The second-order valence-corrected chi connectivity index (χ2v) is 8.48. The molecule has 0 saturated heterocycles. The number of unbranched alkanes of at least 4 members (excludes halogenated alkanes) is 1. The zero-order valence-electron chi connectivity index (χ0n) is 18.1. The predicted octanol–water partition coefficient (Wildman–Crippen LogP) is 3.58. The van der Waals surface area contributed by atoms with Gasteiger partial charge >= 0.3 is 5.69 Å². The third-order valence-electron chi connectivity index (χ3n) is 6.14. The maximum Gasteiger partial charge on any atom is 0.331 e. The molecule has 0 bridgehead atoms. The first kappa shape index (κ1) is 22.0. The fourth-order valence-corrected chi connectivity index (χ4v) is 4.42. The summed E-state index contributed by atoms with van der Waals surface area (Å²) in [5, 5.41) is 3.53. The van der Waals surface area contributed by atoms with Crippen molar-refractivity contribution in [2.75, 3.05) is 0 Å². The molecule has 1 aliphatic carbocycles. The van der Waals surface area contributed by atoms with E-state index in [2.05, 4.69) is 5.32 Å². The van der Waals surface area contributed by atoms with Crippen molar-refractivity contribution in [3.63, 3.8) is 0 Å². The second-order valence-electron chi connectivity index (χ2n) is 8.48. The lowest BCUT2D eigenvalue weighted by Crippen LogP contribution is -2.40. The third-order valence-corrected chi connectivity index (χ3v) is 6.14. The molecule has 168 valence electrons. The van der Waals surface area contributed by atoms with Gasteiger partial charge in [-0.3, -0.25) is 18.7 Å². The van der Waals surface area contributed by atoms with E-state index >= 15 is 0 Å². The highest BCUT2D eigenvalue weighted by Gasteiger charge is 2.17. The van der Waals surface area contributed by atoms with Gasteiger partial charge in [0.25, 0.3) is 5.56 Å². The maximum absolute atomic E-state index is 13.3. The average Bonchev–Trinajstić information content (AvgIpc) is 3.30. The van der Waals surface area contributed by atoms with Gasteiger partial charge in [0, 0.05) is 19.0 Å². The highest BCUT2D eigenvalue weighted by atomic mass is 19.1. The van der Waals surface area contributed by atoms with Gasteiger partial charge in [-0.2, -0.15) is 0 Å². The van der Waals surface area contributed by atoms with Crippen molar-refractivity contribution in [2.24, 2.45) is 0 Å².